The molecule has 2 saturated carbocycles. The average Bonchev–Trinajstić information content (AvgIpc) is 2.87. The highest BCUT2D eigenvalue weighted by Gasteiger charge is 2.61. The van der Waals surface area contributed by atoms with E-state index in [2.05, 4.69) is 30.8 Å². The molecule has 3 unspecified atom stereocenters. The van der Waals surface area contributed by atoms with Crippen LogP contribution in [0.15, 0.2) is 24.3 Å². The van der Waals surface area contributed by atoms with Crippen LogP contribution in [0.2, 0.25) is 0 Å². The minimum absolute atomic E-state index is 0.0593. The van der Waals surface area contributed by atoms with Gasteiger partial charge < -0.3 is 10.1 Å². The number of carbonyl (C=O) groups excluding carboxylic acids is 2. The van der Waals surface area contributed by atoms with E-state index in [1.807, 2.05) is 0 Å². The zero-order valence-corrected chi connectivity index (χ0v) is 14.3. The van der Waals surface area contributed by atoms with Gasteiger partial charge >= 0.3 is 5.97 Å². The summed E-state index contributed by atoms with van der Waals surface area (Å²) in [5.74, 6) is 0.245. The van der Waals surface area contributed by atoms with Gasteiger partial charge in [0.15, 0.2) is 0 Å². The number of benzene rings is 1. The standard InChI is InChI=1S/C19H25NO3/c1-18(2)14-9-10-19(18,3)15(11-14)20-16(21)12-5-7-13(8-6-12)17(22)23-4/h5-8,14-15H,9-11H2,1-4H3,(H,20,21). The van der Waals surface area contributed by atoms with Crippen LogP contribution in [0.1, 0.15) is 60.7 Å². The lowest BCUT2D eigenvalue weighted by molar-refractivity contribution is 0.0600. The van der Waals surface area contributed by atoms with Gasteiger partial charge in [0.05, 0.1) is 12.7 Å². The van der Waals surface area contributed by atoms with Crippen LogP contribution in [0.4, 0.5) is 0 Å². The first-order chi connectivity index (χ1) is 10.8. The highest BCUT2D eigenvalue weighted by molar-refractivity contribution is 5.96. The predicted octanol–water partition coefficient (Wildman–Crippen LogP) is 3.42. The van der Waals surface area contributed by atoms with Gasteiger partial charge in [-0.3, -0.25) is 4.79 Å². The van der Waals surface area contributed by atoms with Crippen LogP contribution in [0.25, 0.3) is 0 Å². The number of esters is 1. The van der Waals surface area contributed by atoms with Crippen molar-refractivity contribution in [3.05, 3.63) is 35.4 Å². The molecule has 1 N–H and O–H groups in total. The molecular formula is C19H25NO3. The maximum Gasteiger partial charge on any atom is 0.337 e. The predicted molar refractivity (Wildman–Crippen MR) is 88.3 cm³/mol. The van der Waals surface area contributed by atoms with Gasteiger partial charge in [-0.1, -0.05) is 20.8 Å². The van der Waals surface area contributed by atoms with Crippen LogP contribution < -0.4 is 5.32 Å². The topological polar surface area (TPSA) is 55.4 Å². The van der Waals surface area contributed by atoms with Crippen LogP contribution in [-0.2, 0) is 4.74 Å². The third kappa shape index (κ3) is 2.35. The molecule has 3 rings (SSSR count). The molecule has 4 nitrogen and oxygen atoms in total. The second-order valence-corrected chi connectivity index (χ2v) is 7.71. The lowest BCUT2D eigenvalue weighted by Gasteiger charge is -2.39. The first-order valence-corrected chi connectivity index (χ1v) is 8.29. The maximum absolute atomic E-state index is 12.6. The molecular weight excluding hydrogens is 290 g/mol. The molecule has 0 heterocycles. The van der Waals surface area contributed by atoms with E-state index >= 15 is 0 Å². The molecule has 23 heavy (non-hydrogen) atoms. The third-order valence-corrected chi connectivity index (χ3v) is 6.67. The molecule has 2 aliphatic carbocycles. The van der Waals surface area contributed by atoms with Crippen LogP contribution in [0, 0.1) is 16.7 Å². The Morgan fingerprint density at radius 2 is 1.74 bits per heavy atom. The molecule has 0 aliphatic heterocycles. The zero-order chi connectivity index (χ0) is 16.8. The number of carbonyl (C=O) groups is 2. The van der Waals surface area contributed by atoms with Crippen molar-refractivity contribution in [2.45, 2.75) is 46.1 Å². The molecule has 1 aromatic carbocycles. The second kappa shape index (κ2) is 5.36. The Balaban J connectivity index is 1.72. The van der Waals surface area contributed by atoms with Gasteiger partial charge in [-0.05, 0) is 60.3 Å². The average molecular weight is 315 g/mol. The highest BCUT2D eigenvalue weighted by Crippen LogP contribution is 2.65. The van der Waals surface area contributed by atoms with Crippen molar-refractivity contribution in [1.29, 1.82) is 0 Å². The van der Waals surface area contributed by atoms with Crippen LogP contribution in [-0.4, -0.2) is 25.0 Å². The summed E-state index contributed by atoms with van der Waals surface area (Å²) < 4.78 is 4.67. The van der Waals surface area contributed by atoms with Gasteiger partial charge in [0.2, 0.25) is 0 Å². The number of hydrogen-bond acceptors (Lipinski definition) is 3. The summed E-state index contributed by atoms with van der Waals surface area (Å²) in [7, 11) is 1.35. The van der Waals surface area contributed by atoms with E-state index in [1.165, 1.54) is 20.0 Å². The zero-order valence-electron chi connectivity index (χ0n) is 14.3. The van der Waals surface area contributed by atoms with Gasteiger partial charge in [-0.2, -0.15) is 0 Å². The van der Waals surface area contributed by atoms with Crippen LogP contribution in [0.3, 0.4) is 0 Å². The summed E-state index contributed by atoms with van der Waals surface area (Å²) in [5, 5.41) is 3.23. The Bertz CT molecular complexity index is 635. The molecule has 0 aromatic heterocycles. The van der Waals surface area contributed by atoms with Gasteiger partial charge in [-0.15, -0.1) is 0 Å². The van der Waals surface area contributed by atoms with Gasteiger partial charge in [0.25, 0.3) is 5.91 Å². The summed E-state index contributed by atoms with van der Waals surface area (Å²) in [6.45, 7) is 6.98. The Labute approximate surface area is 137 Å². The van der Waals surface area contributed by atoms with Crippen molar-refractivity contribution in [2.24, 2.45) is 16.7 Å². The number of amides is 1. The molecule has 3 atom stereocenters. The smallest absolute Gasteiger partial charge is 0.337 e. The fraction of sp³-hybridized carbons (Fsp3) is 0.579. The Morgan fingerprint density at radius 3 is 2.22 bits per heavy atom. The van der Waals surface area contributed by atoms with Gasteiger partial charge in [-0.25, -0.2) is 4.79 Å². The normalized spacial score (nSPS) is 31.0. The molecule has 0 spiro atoms. The van der Waals surface area contributed by atoms with E-state index in [9.17, 15) is 9.59 Å². The summed E-state index contributed by atoms with van der Waals surface area (Å²) >= 11 is 0. The minimum Gasteiger partial charge on any atom is -0.465 e. The SMILES string of the molecule is COC(=O)c1ccc(C(=O)NC2CC3CCC2(C)C3(C)C)cc1. The van der Waals surface area contributed by atoms with Crippen LogP contribution >= 0.6 is 0 Å². The fourth-order valence-corrected chi connectivity index (χ4v) is 4.54. The van der Waals surface area contributed by atoms with Crippen molar-refractivity contribution < 1.29 is 14.3 Å². The van der Waals surface area contributed by atoms with Crippen LogP contribution in [0.5, 0.6) is 0 Å². The summed E-state index contributed by atoms with van der Waals surface area (Å²) in [6, 6.07) is 6.86. The lowest BCUT2D eigenvalue weighted by atomic mass is 9.69. The molecule has 2 fully saturated rings. The van der Waals surface area contributed by atoms with E-state index in [-0.39, 0.29) is 28.7 Å². The molecule has 124 valence electrons. The summed E-state index contributed by atoms with van der Waals surface area (Å²) in [4.78, 5) is 24.0. The number of methoxy groups -OCH3 is 1. The molecule has 1 amide bonds. The number of fused-ring (bicyclic) bond motifs is 2. The first kappa shape index (κ1) is 16.0. The number of ether oxygens (including phenoxy) is 1. The van der Waals surface area contributed by atoms with Crippen molar-refractivity contribution in [1.82, 2.24) is 5.32 Å². The summed E-state index contributed by atoms with van der Waals surface area (Å²) in [5.41, 5.74) is 1.48. The van der Waals surface area contributed by atoms with E-state index in [0.29, 0.717) is 17.0 Å². The monoisotopic (exact) mass is 315 g/mol. The first-order valence-electron chi connectivity index (χ1n) is 8.29. The quantitative estimate of drug-likeness (QED) is 0.870. The number of nitrogens with one attached hydrogen (secondary N) is 1. The Morgan fingerprint density at radius 1 is 1.13 bits per heavy atom. The molecule has 0 radical (unpaired) electrons. The van der Waals surface area contributed by atoms with E-state index in [1.54, 1.807) is 24.3 Å². The molecule has 1 aromatic rings. The number of rotatable bonds is 3. The Hall–Kier alpha value is -1.84. The molecule has 2 aliphatic rings. The van der Waals surface area contributed by atoms with Gasteiger partial charge in [0, 0.05) is 11.6 Å². The maximum atomic E-state index is 12.6. The highest BCUT2D eigenvalue weighted by atomic mass is 16.5. The van der Waals surface area contributed by atoms with Crippen molar-refractivity contribution in [2.75, 3.05) is 7.11 Å². The Kier molecular flexibility index (Phi) is 3.74. The van der Waals surface area contributed by atoms with Crippen molar-refractivity contribution in [3.8, 4) is 0 Å². The largest absolute Gasteiger partial charge is 0.465 e. The minimum atomic E-state index is -0.390. The molecule has 0 saturated heterocycles. The van der Waals surface area contributed by atoms with Gasteiger partial charge in [0.1, 0.15) is 0 Å². The van der Waals surface area contributed by atoms with Crippen molar-refractivity contribution >= 4 is 11.9 Å². The van der Waals surface area contributed by atoms with E-state index < -0.39 is 0 Å². The third-order valence-electron chi connectivity index (χ3n) is 6.67. The van der Waals surface area contributed by atoms with E-state index in [4.69, 9.17) is 0 Å². The fourth-order valence-electron chi connectivity index (χ4n) is 4.54. The number of hydrogen-bond donors (Lipinski definition) is 1. The molecule has 2 bridgehead atoms. The van der Waals surface area contributed by atoms with Crippen molar-refractivity contribution in [3.63, 3.8) is 0 Å². The lowest BCUT2D eigenvalue weighted by Crippen LogP contribution is -2.46. The summed E-state index contributed by atoms with van der Waals surface area (Å²) in [6.07, 6.45) is 3.51. The van der Waals surface area contributed by atoms with E-state index in [0.717, 1.165) is 6.42 Å². The second-order valence-electron chi connectivity index (χ2n) is 7.71. The molecule has 4 heteroatoms.